The lowest BCUT2D eigenvalue weighted by atomic mass is 10.2. The van der Waals surface area contributed by atoms with Crippen molar-refractivity contribution in [1.29, 1.82) is 0 Å². The van der Waals surface area contributed by atoms with Gasteiger partial charge < -0.3 is 5.32 Å². The fourth-order valence-corrected chi connectivity index (χ4v) is 1.70. The van der Waals surface area contributed by atoms with Gasteiger partial charge in [-0.25, -0.2) is 5.32 Å². The van der Waals surface area contributed by atoms with Crippen molar-refractivity contribution in [3.63, 3.8) is 0 Å². The second kappa shape index (κ2) is 4.64. The first-order valence-electron chi connectivity index (χ1n) is 4.95. The van der Waals surface area contributed by atoms with E-state index >= 15 is 0 Å². The lowest BCUT2D eigenvalue weighted by Crippen LogP contribution is -2.35. The Morgan fingerprint density at radius 1 is 1.40 bits per heavy atom. The molecule has 1 aliphatic rings. The number of benzene rings is 1. The molecule has 1 atom stereocenters. The summed E-state index contributed by atoms with van der Waals surface area (Å²) < 4.78 is 0. The lowest BCUT2D eigenvalue weighted by molar-refractivity contribution is 0.0940. The highest BCUT2D eigenvalue weighted by atomic mass is 35.5. The van der Waals surface area contributed by atoms with Crippen LogP contribution in [0.3, 0.4) is 0 Å². The van der Waals surface area contributed by atoms with Gasteiger partial charge in [0.05, 0.1) is 0 Å². The van der Waals surface area contributed by atoms with E-state index in [1.54, 1.807) is 24.3 Å². The van der Waals surface area contributed by atoms with Gasteiger partial charge in [-0.3, -0.25) is 4.79 Å². The van der Waals surface area contributed by atoms with E-state index in [0.29, 0.717) is 10.6 Å². The highest BCUT2D eigenvalue weighted by Gasteiger charge is 2.18. The number of carbonyl (C=O) groups is 1. The lowest BCUT2D eigenvalue weighted by Gasteiger charge is -2.10. The van der Waals surface area contributed by atoms with E-state index in [2.05, 4.69) is 10.6 Å². The average Bonchev–Trinajstić information content (AvgIpc) is 2.71. The van der Waals surface area contributed by atoms with Gasteiger partial charge in [0.15, 0.2) is 0 Å². The predicted octanol–water partition coefficient (Wildman–Crippen LogP) is 1.45. The summed E-state index contributed by atoms with van der Waals surface area (Å²) in [6.07, 6.45) is 0.944. The molecule has 1 heterocycles. The minimum Gasteiger partial charge on any atom is -0.348 e. The third-order valence-corrected chi connectivity index (χ3v) is 2.68. The van der Waals surface area contributed by atoms with Gasteiger partial charge in [0, 0.05) is 29.7 Å². The SMILES string of the molecule is O=C(N[C@@H]1CC[N]C1)c1ccc(Cl)cc1. The average molecular weight is 224 g/mol. The minimum absolute atomic E-state index is 0.0474. The summed E-state index contributed by atoms with van der Waals surface area (Å²) in [4.78, 5) is 11.7. The Kier molecular flexibility index (Phi) is 3.23. The van der Waals surface area contributed by atoms with Crippen LogP contribution in [0.15, 0.2) is 24.3 Å². The van der Waals surface area contributed by atoms with Gasteiger partial charge in [-0.15, -0.1) is 0 Å². The van der Waals surface area contributed by atoms with Crippen LogP contribution in [0.2, 0.25) is 5.02 Å². The number of hydrogen-bond donors (Lipinski definition) is 1. The van der Waals surface area contributed by atoms with Gasteiger partial charge in [-0.05, 0) is 30.7 Å². The van der Waals surface area contributed by atoms with E-state index in [0.717, 1.165) is 19.5 Å². The molecule has 1 radical (unpaired) electrons. The molecule has 1 saturated heterocycles. The third-order valence-electron chi connectivity index (χ3n) is 2.43. The number of carbonyl (C=O) groups excluding carboxylic acids is 1. The van der Waals surface area contributed by atoms with Crippen molar-refractivity contribution in [1.82, 2.24) is 10.6 Å². The Morgan fingerprint density at radius 3 is 2.73 bits per heavy atom. The zero-order valence-corrected chi connectivity index (χ0v) is 9.00. The highest BCUT2D eigenvalue weighted by Crippen LogP contribution is 2.10. The fraction of sp³-hybridized carbons (Fsp3) is 0.364. The summed E-state index contributed by atoms with van der Waals surface area (Å²) in [5, 5.41) is 7.77. The molecule has 79 valence electrons. The van der Waals surface area contributed by atoms with Gasteiger partial charge in [-0.2, -0.15) is 0 Å². The molecule has 2 rings (SSSR count). The van der Waals surface area contributed by atoms with Crippen LogP contribution in [0.1, 0.15) is 16.8 Å². The van der Waals surface area contributed by atoms with Gasteiger partial charge in [0.1, 0.15) is 0 Å². The van der Waals surface area contributed by atoms with Gasteiger partial charge in [-0.1, -0.05) is 11.6 Å². The Labute approximate surface area is 93.8 Å². The molecule has 1 aromatic rings. The second-order valence-electron chi connectivity index (χ2n) is 3.60. The van der Waals surface area contributed by atoms with Crippen molar-refractivity contribution in [2.24, 2.45) is 0 Å². The third kappa shape index (κ3) is 2.70. The molecular formula is C11H12ClN2O. The number of amides is 1. The first-order chi connectivity index (χ1) is 7.25. The molecule has 1 aromatic carbocycles. The van der Waals surface area contributed by atoms with Crippen molar-refractivity contribution >= 4 is 17.5 Å². The number of hydrogen-bond acceptors (Lipinski definition) is 1. The molecular weight excluding hydrogens is 212 g/mol. The molecule has 0 bridgehead atoms. The Morgan fingerprint density at radius 2 is 2.13 bits per heavy atom. The summed E-state index contributed by atoms with van der Waals surface area (Å²) in [5.74, 6) is -0.0474. The predicted molar refractivity (Wildman–Crippen MR) is 59.2 cm³/mol. The van der Waals surface area contributed by atoms with E-state index in [9.17, 15) is 4.79 Å². The van der Waals surface area contributed by atoms with Crippen LogP contribution in [0.5, 0.6) is 0 Å². The van der Waals surface area contributed by atoms with E-state index < -0.39 is 0 Å². The molecule has 1 fully saturated rings. The van der Waals surface area contributed by atoms with Gasteiger partial charge in [0.25, 0.3) is 5.91 Å². The Bertz CT molecular complexity index is 344. The smallest absolute Gasteiger partial charge is 0.251 e. The molecule has 0 unspecified atom stereocenters. The van der Waals surface area contributed by atoms with Gasteiger partial charge >= 0.3 is 0 Å². The maximum Gasteiger partial charge on any atom is 0.251 e. The largest absolute Gasteiger partial charge is 0.348 e. The van der Waals surface area contributed by atoms with Crippen molar-refractivity contribution in [3.8, 4) is 0 Å². The molecule has 0 saturated carbocycles. The quantitative estimate of drug-likeness (QED) is 0.810. The zero-order valence-electron chi connectivity index (χ0n) is 8.24. The molecule has 0 aliphatic carbocycles. The van der Waals surface area contributed by atoms with Gasteiger partial charge in [0.2, 0.25) is 0 Å². The molecule has 1 amide bonds. The monoisotopic (exact) mass is 223 g/mol. The van der Waals surface area contributed by atoms with Crippen molar-refractivity contribution in [2.75, 3.05) is 13.1 Å². The van der Waals surface area contributed by atoms with Crippen LogP contribution < -0.4 is 10.6 Å². The normalized spacial score (nSPS) is 20.2. The molecule has 1 aliphatic heterocycles. The van der Waals surface area contributed by atoms with Crippen LogP contribution in [0, 0.1) is 0 Å². The zero-order chi connectivity index (χ0) is 10.7. The van der Waals surface area contributed by atoms with Crippen molar-refractivity contribution < 1.29 is 4.79 Å². The number of nitrogens with zero attached hydrogens (tertiary/aromatic N) is 1. The first-order valence-corrected chi connectivity index (χ1v) is 5.33. The fourth-order valence-electron chi connectivity index (χ4n) is 1.57. The summed E-state index contributed by atoms with van der Waals surface area (Å²) in [6.45, 7) is 1.59. The van der Waals surface area contributed by atoms with Crippen LogP contribution in [-0.2, 0) is 0 Å². The van der Waals surface area contributed by atoms with Crippen LogP contribution in [0.25, 0.3) is 0 Å². The number of halogens is 1. The summed E-state index contributed by atoms with van der Waals surface area (Å²) in [7, 11) is 0. The topological polar surface area (TPSA) is 43.2 Å². The molecule has 3 nitrogen and oxygen atoms in total. The Balaban J connectivity index is 1.98. The van der Waals surface area contributed by atoms with Crippen molar-refractivity contribution in [2.45, 2.75) is 12.5 Å². The standard InChI is InChI=1S/C11H12ClN2O/c12-9-3-1-8(2-4-9)11(15)14-10-5-6-13-7-10/h1-4,10H,5-7H2,(H,14,15)/t10-/m1/s1. The minimum atomic E-state index is -0.0474. The van der Waals surface area contributed by atoms with E-state index in [-0.39, 0.29) is 11.9 Å². The van der Waals surface area contributed by atoms with E-state index in [1.807, 2.05) is 0 Å². The second-order valence-corrected chi connectivity index (χ2v) is 4.03. The molecule has 1 N–H and O–H groups in total. The van der Waals surface area contributed by atoms with Crippen LogP contribution in [-0.4, -0.2) is 25.0 Å². The van der Waals surface area contributed by atoms with E-state index in [1.165, 1.54) is 0 Å². The summed E-state index contributed by atoms with van der Waals surface area (Å²) in [6, 6.07) is 7.09. The number of nitrogens with one attached hydrogen (secondary N) is 1. The van der Waals surface area contributed by atoms with E-state index in [4.69, 9.17) is 11.6 Å². The maximum atomic E-state index is 11.7. The summed E-state index contributed by atoms with van der Waals surface area (Å²) >= 11 is 5.74. The number of rotatable bonds is 2. The summed E-state index contributed by atoms with van der Waals surface area (Å²) in [5.41, 5.74) is 0.645. The molecule has 0 aromatic heterocycles. The first kappa shape index (κ1) is 10.5. The molecule has 0 spiro atoms. The highest BCUT2D eigenvalue weighted by molar-refractivity contribution is 6.30. The van der Waals surface area contributed by atoms with Crippen LogP contribution >= 0.6 is 11.6 Å². The Hall–Kier alpha value is -1.06. The van der Waals surface area contributed by atoms with Crippen molar-refractivity contribution in [3.05, 3.63) is 34.9 Å². The van der Waals surface area contributed by atoms with Crippen LogP contribution in [0.4, 0.5) is 0 Å². The molecule has 15 heavy (non-hydrogen) atoms. The molecule has 4 heteroatoms. The maximum absolute atomic E-state index is 11.7.